The Morgan fingerprint density at radius 3 is 2.21 bits per heavy atom. The van der Waals surface area contributed by atoms with Crippen LogP contribution in [0.1, 0.15) is 27.2 Å². The van der Waals surface area contributed by atoms with E-state index >= 15 is 0 Å². The Hall–Kier alpha value is -1.25. The molecule has 0 fully saturated rings. The molecule has 0 N–H and O–H groups in total. The third-order valence-electron chi connectivity index (χ3n) is 1.43. The smallest absolute Gasteiger partial charge is 0.302 e. The van der Waals surface area contributed by atoms with Gasteiger partial charge in [0.1, 0.15) is 0 Å². The van der Waals surface area contributed by atoms with Crippen LogP contribution in [-0.4, -0.2) is 12.6 Å². The molecule has 0 spiro atoms. The van der Waals surface area contributed by atoms with Crippen LogP contribution in [0.3, 0.4) is 0 Å². The van der Waals surface area contributed by atoms with Crippen molar-refractivity contribution in [2.45, 2.75) is 27.2 Å². The molecule has 0 radical (unpaired) electrons. The Kier molecular flexibility index (Phi) is 7.61. The lowest BCUT2D eigenvalue weighted by Crippen LogP contribution is -2.02. The Labute approximate surface area is 85.1 Å². The minimum atomic E-state index is -0.185. The molecule has 14 heavy (non-hydrogen) atoms. The fourth-order valence-corrected chi connectivity index (χ4v) is 0.665. The zero-order valence-corrected chi connectivity index (χ0v) is 9.03. The standard InChI is InChI=1S/C7H14O2.C4H4O/c1-6(2)4-5-9-7(3)8;1-2-4-5-3-1/h6H,4-5H2,1-3H3;1-4H. The molecule has 0 aliphatic rings. The maximum Gasteiger partial charge on any atom is 0.302 e. The first kappa shape index (κ1) is 12.8. The van der Waals surface area contributed by atoms with Gasteiger partial charge in [0.15, 0.2) is 0 Å². The molecule has 1 rings (SSSR count). The van der Waals surface area contributed by atoms with E-state index in [1.165, 1.54) is 6.92 Å². The number of ether oxygens (including phenoxy) is 1. The van der Waals surface area contributed by atoms with Gasteiger partial charge in [-0.15, -0.1) is 0 Å². The van der Waals surface area contributed by atoms with Gasteiger partial charge in [0.05, 0.1) is 19.1 Å². The molecule has 1 aromatic rings. The quantitative estimate of drug-likeness (QED) is 0.701. The highest BCUT2D eigenvalue weighted by molar-refractivity contribution is 5.65. The van der Waals surface area contributed by atoms with Crippen LogP contribution in [0.5, 0.6) is 0 Å². The van der Waals surface area contributed by atoms with Gasteiger partial charge in [0.2, 0.25) is 0 Å². The van der Waals surface area contributed by atoms with E-state index in [-0.39, 0.29) is 5.97 Å². The molecule has 80 valence electrons. The summed E-state index contributed by atoms with van der Waals surface area (Å²) < 4.78 is 9.30. The average Bonchev–Trinajstić information content (AvgIpc) is 2.58. The molecule has 0 aromatic carbocycles. The first-order valence-corrected chi connectivity index (χ1v) is 4.73. The monoisotopic (exact) mass is 198 g/mol. The van der Waals surface area contributed by atoms with Crippen molar-refractivity contribution in [2.75, 3.05) is 6.61 Å². The summed E-state index contributed by atoms with van der Waals surface area (Å²) >= 11 is 0. The van der Waals surface area contributed by atoms with E-state index in [0.717, 1.165) is 6.42 Å². The van der Waals surface area contributed by atoms with Crippen molar-refractivity contribution in [3.8, 4) is 0 Å². The van der Waals surface area contributed by atoms with Crippen molar-refractivity contribution >= 4 is 5.97 Å². The highest BCUT2D eigenvalue weighted by atomic mass is 16.5. The predicted octanol–water partition coefficient (Wildman–Crippen LogP) is 2.88. The van der Waals surface area contributed by atoms with Crippen molar-refractivity contribution in [3.05, 3.63) is 24.7 Å². The molecule has 1 heterocycles. The molecule has 3 heteroatoms. The summed E-state index contributed by atoms with van der Waals surface area (Å²) in [5.41, 5.74) is 0. The van der Waals surface area contributed by atoms with E-state index in [1.807, 2.05) is 12.1 Å². The maximum atomic E-state index is 10.2. The molecular formula is C11H18O3. The largest absolute Gasteiger partial charge is 0.473 e. The molecule has 0 saturated carbocycles. The number of furan rings is 1. The Morgan fingerprint density at radius 1 is 1.36 bits per heavy atom. The Morgan fingerprint density at radius 2 is 1.93 bits per heavy atom. The van der Waals surface area contributed by atoms with Crippen molar-refractivity contribution < 1.29 is 13.9 Å². The molecule has 0 atom stereocenters. The van der Waals surface area contributed by atoms with Crippen molar-refractivity contribution in [2.24, 2.45) is 5.92 Å². The van der Waals surface area contributed by atoms with Crippen LogP contribution in [-0.2, 0) is 9.53 Å². The summed E-state index contributed by atoms with van der Waals surface area (Å²) in [5.74, 6) is 0.431. The zero-order valence-electron chi connectivity index (χ0n) is 9.03. The second-order valence-corrected chi connectivity index (χ2v) is 3.32. The highest BCUT2D eigenvalue weighted by Gasteiger charge is 1.94. The third kappa shape index (κ3) is 10.8. The summed E-state index contributed by atoms with van der Waals surface area (Å²) in [5, 5.41) is 0. The number of hydrogen-bond acceptors (Lipinski definition) is 3. The fourth-order valence-electron chi connectivity index (χ4n) is 0.665. The lowest BCUT2D eigenvalue weighted by molar-refractivity contribution is -0.141. The number of carbonyl (C=O) groups excluding carboxylic acids is 1. The topological polar surface area (TPSA) is 39.4 Å². The third-order valence-corrected chi connectivity index (χ3v) is 1.43. The fraction of sp³-hybridized carbons (Fsp3) is 0.545. The van der Waals surface area contributed by atoms with Gasteiger partial charge in [-0.3, -0.25) is 4.79 Å². The van der Waals surface area contributed by atoms with E-state index in [0.29, 0.717) is 12.5 Å². The molecule has 0 saturated heterocycles. The van der Waals surface area contributed by atoms with Gasteiger partial charge >= 0.3 is 5.97 Å². The van der Waals surface area contributed by atoms with Crippen molar-refractivity contribution in [1.29, 1.82) is 0 Å². The molecule has 0 aliphatic carbocycles. The molecular weight excluding hydrogens is 180 g/mol. The van der Waals surface area contributed by atoms with Gasteiger partial charge in [0, 0.05) is 6.92 Å². The minimum absolute atomic E-state index is 0.185. The van der Waals surface area contributed by atoms with Gasteiger partial charge in [-0.05, 0) is 24.5 Å². The van der Waals surface area contributed by atoms with Crippen LogP contribution in [0.25, 0.3) is 0 Å². The molecule has 3 nitrogen and oxygen atoms in total. The van der Waals surface area contributed by atoms with Crippen LogP contribution >= 0.6 is 0 Å². The summed E-state index contributed by atoms with van der Waals surface area (Å²) in [6.07, 6.45) is 4.21. The summed E-state index contributed by atoms with van der Waals surface area (Å²) in [6, 6.07) is 3.67. The van der Waals surface area contributed by atoms with Gasteiger partial charge in [0.25, 0.3) is 0 Å². The Bertz CT molecular complexity index is 197. The lowest BCUT2D eigenvalue weighted by Gasteiger charge is -2.02. The number of hydrogen-bond donors (Lipinski definition) is 0. The van der Waals surface area contributed by atoms with Crippen molar-refractivity contribution in [3.63, 3.8) is 0 Å². The average molecular weight is 198 g/mol. The zero-order chi connectivity index (χ0) is 10.8. The maximum absolute atomic E-state index is 10.2. The number of esters is 1. The van der Waals surface area contributed by atoms with Gasteiger partial charge in [-0.25, -0.2) is 0 Å². The second-order valence-electron chi connectivity index (χ2n) is 3.32. The van der Waals surface area contributed by atoms with E-state index in [9.17, 15) is 4.79 Å². The summed E-state index contributed by atoms with van der Waals surface area (Å²) in [7, 11) is 0. The van der Waals surface area contributed by atoms with Crippen LogP contribution in [0.15, 0.2) is 29.1 Å². The molecule has 0 aliphatic heterocycles. The highest BCUT2D eigenvalue weighted by Crippen LogP contribution is 1.98. The molecule has 1 aromatic heterocycles. The van der Waals surface area contributed by atoms with E-state index in [1.54, 1.807) is 12.5 Å². The second kappa shape index (κ2) is 8.35. The van der Waals surface area contributed by atoms with E-state index in [4.69, 9.17) is 4.74 Å². The van der Waals surface area contributed by atoms with Gasteiger partial charge < -0.3 is 9.15 Å². The first-order chi connectivity index (χ1) is 6.63. The van der Waals surface area contributed by atoms with Crippen LogP contribution in [0, 0.1) is 5.92 Å². The van der Waals surface area contributed by atoms with Gasteiger partial charge in [-0.2, -0.15) is 0 Å². The predicted molar refractivity (Wildman–Crippen MR) is 54.8 cm³/mol. The van der Waals surface area contributed by atoms with Gasteiger partial charge in [-0.1, -0.05) is 13.8 Å². The number of rotatable bonds is 3. The summed E-state index contributed by atoms with van der Waals surface area (Å²) in [6.45, 7) is 6.19. The first-order valence-electron chi connectivity index (χ1n) is 4.73. The Balaban J connectivity index is 0.000000280. The summed E-state index contributed by atoms with van der Waals surface area (Å²) in [4.78, 5) is 10.2. The van der Waals surface area contributed by atoms with Crippen molar-refractivity contribution in [1.82, 2.24) is 0 Å². The number of carbonyl (C=O) groups is 1. The van der Waals surface area contributed by atoms with Crippen LogP contribution < -0.4 is 0 Å². The SMILES string of the molecule is CC(=O)OCCC(C)C.c1ccoc1. The van der Waals surface area contributed by atoms with E-state index < -0.39 is 0 Å². The lowest BCUT2D eigenvalue weighted by atomic mass is 10.1. The molecule has 0 bridgehead atoms. The molecule has 0 amide bonds. The normalized spacial score (nSPS) is 9.14. The van der Waals surface area contributed by atoms with Crippen LogP contribution in [0.4, 0.5) is 0 Å². The van der Waals surface area contributed by atoms with E-state index in [2.05, 4.69) is 18.3 Å². The van der Waals surface area contributed by atoms with Crippen LogP contribution in [0.2, 0.25) is 0 Å². The molecule has 0 unspecified atom stereocenters. The minimum Gasteiger partial charge on any atom is -0.473 e.